The molecule has 0 saturated heterocycles. The Hall–Kier alpha value is -1.71. The Morgan fingerprint density at radius 1 is 1.05 bits per heavy atom. The molecule has 0 aliphatic heterocycles. The van der Waals surface area contributed by atoms with Crippen molar-refractivity contribution in [2.24, 2.45) is 0 Å². The summed E-state index contributed by atoms with van der Waals surface area (Å²) in [6.07, 6.45) is -0.596. The molecule has 1 heterocycles. The molecule has 1 aromatic heterocycles. The third-order valence-electron chi connectivity index (χ3n) is 3.58. The van der Waals surface area contributed by atoms with Gasteiger partial charge in [0.1, 0.15) is 17.4 Å². The van der Waals surface area contributed by atoms with Gasteiger partial charge in [-0.25, -0.2) is 0 Å². The van der Waals surface area contributed by atoms with Crippen LogP contribution in [0.2, 0.25) is 0 Å². The fourth-order valence-corrected chi connectivity index (χ4v) is 3.33. The molecule has 3 aromatic rings. The summed E-state index contributed by atoms with van der Waals surface area (Å²) < 4.78 is 5.82. The van der Waals surface area contributed by atoms with Gasteiger partial charge in [-0.1, -0.05) is 36.4 Å². The monoisotopic (exact) mass is 298 g/mol. The molecule has 108 valence electrons. The minimum Gasteiger partial charge on any atom is -0.458 e. The Morgan fingerprint density at radius 2 is 1.81 bits per heavy atom. The van der Waals surface area contributed by atoms with Gasteiger partial charge < -0.3 is 9.52 Å². The Labute approximate surface area is 128 Å². The van der Waals surface area contributed by atoms with E-state index in [9.17, 15) is 5.11 Å². The maximum Gasteiger partial charge on any atom is 0.137 e. The van der Waals surface area contributed by atoms with E-state index in [-0.39, 0.29) is 0 Å². The molecule has 0 spiro atoms. The smallest absolute Gasteiger partial charge is 0.137 e. The maximum atomic E-state index is 10.4. The highest BCUT2D eigenvalue weighted by molar-refractivity contribution is 7.99. The van der Waals surface area contributed by atoms with E-state index in [1.54, 1.807) is 11.8 Å². The predicted molar refractivity (Wildman–Crippen MR) is 87.8 cm³/mol. The van der Waals surface area contributed by atoms with Crippen molar-refractivity contribution in [3.63, 3.8) is 0 Å². The molecule has 0 amide bonds. The highest BCUT2D eigenvalue weighted by Gasteiger charge is 2.15. The molecular weight excluding hydrogens is 280 g/mol. The second-order valence-electron chi connectivity index (χ2n) is 5.23. The van der Waals surface area contributed by atoms with Gasteiger partial charge in [0.05, 0.1) is 0 Å². The van der Waals surface area contributed by atoms with E-state index < -0.39 is 6.10 Å². The molecule has 3 rings (SSSR count). The first kappa shape index (κ1) is 14.2. The van der Waals surface area contributed by atoms with Gasteiger partial charge in [0.25, 0.3) is 0 Å². The third-order valence-corrected chi connectivity index (χ3v) is 4.83. The van der Waals surface area contributed by atoms with E-state index in [2.05, 4.69) is 19.1 Å². The first-order chi connectivity index (χ1) is 10.1. The van der Waals surface area contributed by atoms with Crippen LogP contribution in [0.5, 0.6) is 0 Å². The van der Waals surface area contributed by atoms with Crippen LogP contribution in [0.3, 0.4) is 0 Å². The van der Waals surface area contributed by atoms with Crippen molar-refractivity contribution in [1.29, 1.82) is 0 Å². The highest BCUT2D eigenvalue weighted by atomic mass is 32.2. The minimum absolute atomic E-state index is 0.587. The van der Waals surface area contributed by atoms with E-state index in [1.165, 1.54) is 10.5 Å². The highest BCUT2D eigenvalue weighted by Crippen LogP contribution is 2.31. The number of aliphatic hydroxyl groups is 1. The van der Waals surface area contributed by atoms with Crippen molar-refractivity contribution < 1.29 is 9.52 Å². The van der Waals surface area contributed by atoms with Crippen LogP contribution in [0.4, 0.5) is 0 Å². The molecule has 0 bridgehead atoms. The first-order valence-electron chi connectivity index (χ1n) is 7.00. The Kier molecular flexibility index (Phi) is 4.04. The summed E-state index contributed by atoms with van der Waals surface area (Å²) in [6, 6.07) is 16.2. The summed E-state index contributed by atoms with van der Waals surface area (Å²) in [4.78, 5) is 1.20. The number of hydrogen-bond acceptors (Lipinski definition) is 3. The first-order valence-corrected chi connectivity index (χ1v) is 7.99. The summed E-state index contributed by atoms with van der Waals surface area (Å²) in [5, 5.41) is 11.4. The Balaban J connectivity index is 1.76. The Morgan fingerprint density at radius 3 is 2.57 bits per heavy atom. The van der Waals surface area contributed by atoms with E-state index in [0.29, 0.717) is 11.5 Å². The fraction of sp³-hybridized carbons (Fsp3) is 0.222. The zero-order valence-electron chi connectivity index (χ0n) is 12.2. The largest absolute Gasteiger partial charge is 0.458 e. The van der Waals surface area contributed by atoms with Gasteiger partial charge in [0.15, 0.2) is 0 Å². The van der Waals surface area contributed by atoms with Gasteiger partial charge >= 0.3 is 0 Å². The van der Waals surface area contributed by atoms with Crippen molar-refractivity contribution >= 4 is 22.7 Å². The molecule has 0 fully saturated rings. The number of rotatable bonds is 4. The fourth-order valence-electron chi connectivity index (χ4n) is 2.36. The number of aliphatic hydroxyl groups excluding tert-OH is 1. The number of para-hydroxylation sites is 1. The quantitative estimate of drug-likeness (QED) is 0.697. The lowest BCUT2D eigenvalue weighted by Gasteiger charge is -2.09. The number of furan rings is 1. The summed E-state index contributed by atoms with van der Waals surface area (Å²) in [7, 11) is 0. The average Bonchev–Trinajstić information content (AvgIpc) is 2.92. The minimum atomic E-state index is -0.596. The number of thioether (sulfide) groups is 1. The summed E-state index contributed by atoms with van der Waals surface area (Å²) in [6.45, 7) is 4.10. The lowest BCUT2D eigenvalue weighted by atomic mass is 10.2. The topological polar surface area (TPSA) is 33.4 Å². The summed E-state index contributed by atoms with van der Waals surface area (Å²) in [5.41, 5.74) is 3.19. The lowest BCUT2D eigenvalue weighted by Crippen LogP contribution is -1.98. The van der Waals surface area contributed by atoms with Gasteiger partial charge in [-0.3, -0.25) is 0 Å². The molecule has 2 aromatic carbocycles. The van der Waals surface area contributed by atoms with Gasteiger partial charge in [-0.15, -0.1) is 11.8 Å². The van der Waals surface area contributed by atoms with E-state index >= 15 is 0 Å². The number of fused-ring (bicyclic) bond motifs is 1. The standard InChI is InChI=1S/C18H18O2S/c1-12-6-3-4-9-17(12)21-11-15(19)16-10-14-8-5-7-13(2)18(14)20-16/h3-10,15,19H,11H2,1-2H3. The molecule has 0 radical (unpaired) electrons. The van der Waals surface area contributed by atoms with Crippen LogP contribution in [-0.2, 0) is 0 Å². The third kappa shape index (κ3) is 2.99. The molecular formula is C18H18O2S. The lowest BCUT2D eigenvalue weighted by molar-refractivity contribution is 0.176. The van der Waals surface area contributed by atoms with Gasteiger partial charge in [-0.05, 0) is 37.1 Å². The van der Waals surface area contributed by atoms with Gasteiger partial charge in [0, 0.05) is 16.0 Å². The number of benzene rings is 2. The predicted octanol–water partition coefficient (Wildman–Crippen LogP) is 4.88. The maximum absolute atomic E-state index is 10.4. The van der Waals surface area contributed by atoms with Gasteiger partial charge in [0.2, 0.25) is 0 Å². The molecule has 21 heavy (non-hydrogen) atoms. The molecule has 0 saturated carbocycles. The van der Waals surface area contributed by atoms with Gasteiger partial charge in [-0.2, -0.15) is 0 Å². The van der Waals surface area contributed by atoms with E-state index in [1.807, 2.05) is 43.3 Å². The Bertz CT molecular complexity index is 761. The molecule has 2 nitrogen and oxygen atoms in total. The molecule has 1 unspecified atom stereocenters. The van der Waals surface area contributed by atoms with Crippen molar-refractivity contribution in [3.05, 3.63) is 65.4 Å². The SMILES string of the molecule is Cc1ccccc1SCC(O)c1cc2cccc(C)c2o1. The van der Waals surface area contributed by atoms with Crippen LogP contribution < -0.4 is 0 Å². The van der Waals surface area contributed by atoms with Crippen LogP contribution in [0, 0.1) is 13.8 Å². The zero-order chi connectivity index (χ0) is 14.8. The van der Waals surface area contributed by atoms with Crippen molar-refractivity contribution in [1.82, 2.24) is 0 Å². The molecule has 1 N–H and O–H groups in total. The number of aryl methyl sites for hydroxylation is 2. The van der Waals surface area contributed by atoms with Crippen molar-refractivity contribution in [2.75, 3.05) is 5.75 Å². The van der Waals surface area contributed by atoms with Crippen LogP contribution in [0.15, 0.2) is 57.8 Å². The van der Waals surface area contributed by atoms with Crippen LogP contribution in [0.25, 0.3) is 11.0 Å². The molecule has 3 heteroatoms. The molecule has 1 atom stereocenters. The summed E-state index contributed by atoms with van der Waals surface area (Å²) >= 11 is 1.65. The van der Waals surface area contributed by atoms with Crippen molar-refractivity contribution in [3.8, 4) is 0 Å². The van der Waals surface area contributed by atoms with Crippen molar-refractivity contribution in [2.45, 2.75) is 24.8 Å². The average molecular weight is 298 g/mol. The normalized spacial score (nSPS) is 12.7. The van der Waals surface area contributed by atoms with E-state index in [0.717, 1.165) is 16.5 Å². The molecule has 0 aliphatic carbocycles. The van der Waals surface area contributed by atoms with Crippen LogP contribution in [-0.4, -0.2) is 10.9 Å². The second-order valence-corrected chi connectivity index (χ2v) is 6.30. The number of hydrogen-bond donors (Lipinski definition) is 1. The second kappa shape index (κ2) is 5.96. The zero-order valence-corrected chi connectivity index (χ0v) is 13.0. The van der Waals surface area contributed by atoms with Crippen LogP contribution in [0.1, 0.15) is 23.0 Å². The molecule has 0 aliphatic rings. The van der Waals surface area contributed by atoms with E-state index in [4.69, 9.17) is 4.42 Å². The summed E-state index contributed by atoms with van der Waals surface area (Å²) in [5.74, 6) is 1.23. The van der Waals surface area contributed by atoms with Crippen LogP contribution >= 0.6 is 11.8 Å².